The van der Waals surface area contributed by atoms with Gasteiger partial charge in [-0.3, -0.25) is 4.99 Å². The van der Waals surface area contributed by atoms with Crippen LogP contribution in [-0.4, -0.2) is 56.2 Å². The summed E-state index contributed by atoms with van der Waals surface area (Å²) in [7, 11) is 1.82. The molecule has 2 rings (SSSR count). The maximum atomic E-state index is 5.81. The summed E-state index contributed by atoms with van der Waals surface area (Å²) in [5, 5.41) is 6.87. The molecule has 0 aliphatic carbocycles. The van der Waals surface area contributed by atoms with Crippen LogP contribution in [0.2, 0.25) is 0 Å². The molecule has 1 aromatic carbocycles. The molecule has 1 aromatic rings. The number of hydrogen-bond donors (Lipinski definition) is 2. The standard InChI is InChI=1S/C19H32N4O/c1-15(2)23-12-9-17(10-13-23)22-19(20-4)21-11-14-24-18-8-6-5-7-16(18)3/h5-8,15,17H,9-14H2,1-4H3,(H2,20,21,22). The molecule has 1 fully saturated rings. The van der Waals surface area contributed by atoms with E-state index in [2.05, 4.69) is 47.4 Å². The van der Waals surface area contributed by atoms with Crippen LogP contribution in [-0.2, 0) is 0 Å². The molecule has 24 heavy (non-hydrogen) atoms. The Balaban J connectivity index is 1.67. The first-order valence-electron chi connectivity index (χ1n) is 9.00. The first-order chi connectivity index (χ1) is 11.6. The number of aliphatic imine (C=N–C) groups is 1. The summed E-state index contributed by atoms with van der Waals surface area (Å²) in [5.74, 6) is 1.81. The summed E-state index contributed by atoms with van der Waals surface area (Å²) in [6.07, 6.45) is 2.33. The van der Waals surface area contributed by atoms with Crippen LogP contribution >= 0.6 is 0 Å². The van der Waals surface area contributed by atoms with Gasteiger partial charge in [0.1, 0.15) is 12.4 Å². The Morgan fingerprint density at radius 2 is 2.00 bits per heavy atom. The number of piperidine rings is 1. The maximum absolute atomic E-state index is 5.81. The van der Waals surface area contributed by atoms with Crippen molar-refractivity contribution in [1.82, 2.24) is 15.5 Å². The van der Waals surface area contributed by atoms with E-state index in [1.807, 2.05) is 25.2 Å². The molecule has 0 spiro atoms. The van der Waals surface area contributed by atoms with Crippen molar-refractivity contribution in [3.63, 3.8) is 0 Å². The van der Waals surface area contributed by atoms with Crippen LogP contribution in [0.25, 0.3) is 0 Å². The van der Waals surface area contributed by atoms with E-state index < -0.39 is 0 Å². The molecule has 0 unspecified atom stereocenters. The normalized spacial score (nSPS) is 17.1. The van der Waals surface area contributed by atoms with E-state index in [1.165, 1.54) is 12.8 Å². The van der Waals surface area contributed by atoms with Gasteiger partial charge in [-0.1, -0.05) is 18.2 Å². The van der Waals surface area contributed by atoms with Crippen LogP contribution in [0.5, 0.6) is 5.75 Å². The van der Waals surface area contributed by atoms with Gasteiger partial charge < -0.3 is 20.3 Å². The van der Waals surface area contributed by atoms with Crippen LogP contribution in [0.3, 0.4) is 0 Å². The van der Waals surface area contributed by atoms with Crippen LogP contribution in [0.1, 0.15) is 32.3 Å². The van der Waals surface area contributed by atoms with E-state index in [9.17, 15) is 0 Å². The van der Waals surface area contributed by atoms with Gasteiger partial charge in [-0.15, -0.1) is 0 Å². The number of rotatable bonds is 6. The third-order valence-electron chi connectivity index (χ3n) is 4.57. The monoisotopic (exact) mass is 332 g/mol. The van der Waals surface area contributed by atoms with E-state index in [1.54, 1.807) is 0 Å². The molecule has 0 radical (unpaired) electrons. The van der Waals surface area contributed by atoms with Crippen LogP contribution in [0, 0.1) is 6.92 Å². The number of ether oxygens (including phenoxy) is 1. The molecular weight excluding hydrogens is 300 g/mol. The summed E-state index contributed by atoms with van der Waals surface area (Å²) in [5.41, 5.74) is 1.16. The smallest absolute Gasteiger partial charge is 0.191 e. The third kappa shape index (κ3) is 5.71. The number of guanidine groups is 1. The van der Waals surface area contributed by atoms with Gasteiger partial charge in [0, 0.05) is 32.2 Å². The van der Waals surface area contributed by atoms with Crippen molar-refractivity contribution in [1.29, 1.82) is 0 Å². The molecule has 1 heterocycles. The van der Waals surface area contributed by atoms with Crippen molar-refractivity contribution in [2.75, 3.05) is 33.3 Å². The number of aryl methyl sites for hydroxylation is 1. The summed E-state index contributed by atoms with van der Waals surface area (Å²) in [6, 6.07) is 9.24. The largest absolute Gasteiger partial charge is 0.491 e. The van der Waals surface area contributed by atoms with E-state index >= 15 is 0 Å². The summed E-state index contributed by atoms with van der Waals surface area (Å²) < 4.78 is 5.81. The van der Waals surface area contributed by atoms with Crippen molar-refractivity contribution < 1.29 is 4.74 Å². The highest BCUT2D eigenvalue weighted by molar-refractivity contribution is 5.79. The summed E-state index contributed by atoms with van der Waals surface area (Å²) in [6.45, 7) is 10.3. The zero-order chi connectivity index (χ0) is 17.4. The van der Waals surface area contributed by atoms with Crippen molar-refractivity contribution in [3.05, 3.63) is 29.8 Å². The summed E-state index contributed by atoms with van der Waals surface area (Å²) >= 11 is 0. The molecule has 0 aromatic heterocycles. The van der Waals surface area contributed by atoms with Gasteiger partial charge in [0.2, 0.25) is 0 Å². The number of benzene rings is 1. The highest BCUT2D eigenvalue weighted by Crippen LogP contribution is 2.15. The van der Waals surface area contributed by atoms with Crippen molar-refractivity contribution in [2.24, 2.45) is 4.99 Å². The molecule has 0 saturated carbocycles. The number of hydrogen-bond acceptors (Lipinski definition) is 3. The van der Waals surface area contributed by atoms with Crippen molar-refractivity contribution >= 4 is 5.96 Å². The van der Waals surface area contributed by atoms with E-state index in [0.29, 0.717) is 18.7 Å². The minimum absolute atomic E-state index is 0.503. The number of nitrogens with zero attached hydrogens (tertiary/aromatic N) is 2. The van der Waals surface area contributed by atoms with Gasteiger partial charge in [-0.05, 0) is 45.2 Å². The second kappa shape index (κ2) is 9.52. The fourth-order valence-electron chi connectivity index (χ4n) is 3.00. The zero-order valence-corrected chi connectivity index (χ0v) is 15.5. The molecule has 1 aliphatic rings. The lowest BCUT2D eigenvalue weighted by Crippen LogP contribution is -2.50. The fourth-order valence-corrected chi connectivity index (χ4v) is 3.00. The van der Waals surface area contributed by atoms with Gasteiger partial charge in [0.05, 0.1) is 6.54 Å². The highest BCUT2D eigenvalue weighted by Gasteiger charge is 2.21. The Morgan fingerprint density at radius 1 is 1.29 bits per heavy atom. The molecule has 0 amide bonds. The van der Waals surface area contributed by atoms with Gasteiger partial charge in [0.15, 0.2) is 5.96 Å². The highest BCUT2D eigenvalue weighted by atomic mass is 16.5. The fraction of sp³-hybridized carbons (Fsp3) is 0.632. The average molecular weight is 332 g/mol. The first kappa shape index (κ1) is 18.6. The Labute approximate surface area is 146 Å². The zero-order valence-electron chi connectivity index (χ0n) is 15.5. The lowest BCUT2D eigenvalue weighted by Gasteiger charge is -2.35. The van der Waals surface area contributed by atoms with E-state index in [-0.39, 0.29) is 0 Å². The maximum Gasteiger partial charge on any atom is 0.191 e. The second-order valence-electron chi connectivity index (χ2n) is 6.66. The lowest BCUT2D eigenvalue weighted by atomic mass is 10.0. The van der Waals surface area contributed by atoms with Gasteiger partial charge in [0.25, 0.3) is 0 Å². The molecule has 0 atom stereocenters. The predicted octanol–water partition coefficient (Wildman–Crippen LogP) is 2.41. The van der Waals surface area contributed by atoms with Gasteiger partial charge >= 0.3 is 0 Å². The predicted molar refractivity (Wildman–Crippen MR) is 101 cm³/mol. The number of nitrogens with one attached hydrogen (secondary N) is 2. The minimum Gasteiger partial charge on any atom is -0.491 e. The quantitative estimate of drug-likeness (QED) is 0.477. The second-order valence-corrected chi connectivity index (χ2v) is 6.66. The topological polar surface area (TPSA) is 48.9 Å². The minimum atomic E-state index is 0.503. The molecular formula is C19H32N4O. The van der Waals surface area contributed by atoms with E-state index in [0.717, 1.165) is 36.9 Å². The Bertz CT molecular complexity index is 522. The number of para-hydroxylation sites is 1. The first-order valence-corrected chi connectivity index (χ1v) is 9.00. The van der Waals surface area contributed by atoms with E-state index in [4.69, 9.17) is 4.74 Å². The van der Waals surface area contributed by atoms with Crippen LogP contribution in [0.4, 0.5) is 0 Å². The van der Waals surface area contributed by atoms with Crippen LogP contribution in [0.15, 0.2) is 29.3 Å². The summed E-state index contributed by atoms with van der Waals surface area (Å²) in [4.78, 5) is 6.86. The van der Waals surface area contributed by atoms with Crippen LogP contribution < -0.4 is 15.4 Å². The van der Waals surface area contributed by atoms with Crippen molar-refractivity contribution in [3.8, 4) is 5.75 Å². The molecule has 1 saturated heterocycles. The van der Waals surface area contributed by atoms with Gasteiger partial charge in [-0.2, -0.15) is 0 Å². The molecule has 134 valence electrons. The lowest BCUT2D eigenvalue weighted by molar-refractivity contribution is 0.167. The molecule has 0 bridgehead atoms. The average Bonchev–Trinajstić information content (AvgIpc) is 2.59. The Kier molecular flexibility index (Phi) is 7.37. The Morgan fingerprint density at radius 3 is 2.62 bits per heavy atom. The Hall–Kier alpha value is -1.75. The SMILES string of the molecule is CN=C(NCCOc1ccccc1C)NC1CCN(C(C)C)CC1. The molecule has 1 aliphatic heterocycles. The molecule has 5 nitrogen and oxygen atoms in total. The molecule has 5 heteroatoms. The molecule has 2 N–H and O–H groups in total. The third-order valence-corrected chi connectivity index (χ3v) is 4.57. The van der Waals surface area contributed by atoms with Crippen molar-refractivity contribution in [2.45, 2.75) is 45.7 Å². The number of likely N-dealkylation sites (tertiary alicyclic amines) is 1. The van der Waals surface area contributed by atoms with Gasteiger partial charge in [-0.25, -0.2) is 0 Å².